The van der Waals surface area contributed by atoms with Gasteiger partial charge in [-0.2, -0.15) is 0 Å². The number of hydrogen-bond donors (Lipinski definition) is 0. The summed E-state index contributed by atoms with van der Waals surface area (Å²) >= 11 is 1.66. The van der Waals surface area contributed by atoms with E-state index in [4.69, 9.17) is 4.98 Å². The Kier molecular flexibility index (Phi) is 5.05. The summed E-state index contributed by atoms with van der Waals surface area (Å²) in [6, 6.07) is 13.7. The van der Waals surface area contributed by atoms with Gasteiger partial charge in [0.15, 0.2) is 5.16 Å². The third-order valence-corrected chi connectivity index (χ3v) is 5.25. The Morgan fingerprint density at radius 1 is 1.08 bits per heavy atom. The lowest BCUT2D eigenvalue weighted by molar-refractivity contribution is 0.813. The maximum Gasteiger partial charge on any atom is 0.266 e. The van der Waals surface area contributed by atoms with E-state index in [0.717, 1.165) is 35.0 Å². The van der Waals surface area contributed by atoms with Crippen molar-refractivity contribution in [2.75, 3.05) is 5.75 Å². The van der Waals surface area contributed by atoms with Crippen molar-refractivity contribution in [3.05, 3.63) is 63.9 Å². The maximum absolute atomic E-state index is 13.1. The molecule has 1 heterocycles. The lowest BCUT2D eigenvalue weighted by atomic mass is 10.1. The zero-order chi connectivity index (χ0) is 17.1. The minimum Gasteiger partial charge on any atom is -0.268 e. The van der Waals surface area contributed by atoms with Crippen molar-refractivity contribution in [1.29, 1.82) is 0 Å². The molecular formula is C20H22N2OS. The molecule has 0 saturated heterocycles. The fourth-order valence-electron chi connectivity index (χ4n) is 2.61. The lowest BCUT2D eigenvalue weighted by Gasteiger charge is -2.14. The van der Waals surface area contributed by atoms with Crippen molar-refractivity contribution in [1.82, 2.24) is 9.55 Å². The second kappa shape index (κ2) is 7.22. The van der Waals surface area contributed by atoms with Gasteiger partial charge in [-0.05, 0) is 55.7 Å². The van der Waals surface area contributed by atoms with E-state index in [9.17, 15) is 4.79 Å². The van der Waals surface area contributed by atoms with Crippen molar-refractivity contribution in [3.63, 3.8) is 0 Å². The molecule has 0 fully saturated rings. The van der Waals surface area contributed by atoms with Crippen LogP contribution in [-0.4, -0.2) is 15.3 Å². The number of aryl methyl sites for hydroxylation is 2. The molecule has 3 aromatic rings. The molecule has 0 atom stereocenters. The van der Waals surface area contributed by atoms with Gasteiger partial charge >= 0.3 is 0 Å². The van der Waals surface area contributed by atoms with Crippen LogP contribution in [-0.2, 0) is 0 Å². The molecule has 24 heavy (non-hydrogen) atoms. The first-order valence-corrected chi connectivity index (χ1v) is 9.32. The van der Waals surface area contributed by atoms with E-state index >= 15 is 0 Å². The Bertz CT molecular complexity index is 931. The highest BCUT2D eigenvalue weighted by Gasteiger charge is 2.13. The second-order valence-electron chi connectivity index (χ2n) is 6.02. The molecule has 2 aromatic carbocycles. The average Bonchev–Trinajstić information content (AvgIpc) is 2.58. The predicted molar refractivity (Wildman–Crippen MR) is 102 cm³/mol. The minimum atomic E-state index is 0.00264. The summed E-state index contributed by atoms with van der Waals surface area (Å²) in [5.41, 5.74) is 4.06. The largest absolute Gasteiger partial charge is 0.268 e. The lowest BCUT2D eigenvalue weighted by Crippen LogP contribution is -2.22. The van der Waals surface area contributed by atoms with Crippen LogP contribution < -0.4 is 5.56 Å². The molecule has 0 amide bonds. The normalized spacial score (nSPS) is 11.1. The van der Waals surface area contributed by atoms with Gasteiger partial charge in [-0.3, -0.25) is 9.36 Å². The Hall–Kier alpha value is -2.07. The molecule has 0 spiro atoms. The first kappa shape index (κ1) is 16.8. The SMILES string of the molecule is CCCCSc1nc2ccccc2c(=O)n1-c1ccc(C)c(C)c1. The standard InChI is InChI=1S/C20H22N2OS/c1-4-5-12-24-20-21-18-9-7-6-8-17(18)19(23)22(20)16-11-10-14(2)15(3)13-16/h6-11,13H,4-5,12H2,1-3H3. The van der Waals surface area contributed by atoms with Crippen molar-refractivity contribution in [3.8, 4) is 5.69 Å². The van der Waals surface area contributed by atoms with Crippen LogP contribution in [0.4, 0.5) is 0 Å². The molecule has 0 aliphatic rings. The number of aromatic nitrogens is 2. The summed E-state index contributed by atoms with van der Waals surface area (Å²) in [4.78, 5) is 17.9. The first-order valence-electron chi connectivity index (χ1n) is 8.34. The summed E-state index contributed by atoms with van der Waals surface area (Å²) < 4.78 is 1.76. The second-order valence-corrected chi connectivity index (χ2v) is 7.08. The number of thioether (sulfide) groups is 1. The summed E-state index contributed by atoms with van der Waals surface area (Å²) in [6.45, 7) is 6.32. The van der Waals surface area contributed by atoms with Gasteiger partial charge in [0, 0.05) is 5.75 Å². The first-order chi connectivity index (χ1) is 11.6. The quantitative estimate of drug-likeness (QED) is 0.377. The molecule has 3 nitrogen and oxygen atoms in total. The van der Waals surface area contributed by atoms with Gasteiger partial charge in [0.2, 0.25) is 0 Å². The molecular weight excluding hydrogens is 316 g/mol. The number of unbranched alkanes of at least 4 members (excludes halogenated alkanes) is 1. The Labute approximate surface area is 146 Å². The number of fused-ring (bicyclic) bond motifs is 1. The van der Waals surface area contributed by atoms with Gasteiger partial charge in [-0.1, -0.05) is 43.3 Å². The Balaban J connectivity index is 2.22. The molecule has 0 bridgehead atoms. The van der Waals surface area contributed by atoms with Crippen LogP contribution in [0.3, 0.4) is 0 Å². The predicted octanol–water partition coefficient (Wildman–Crippen LogP) is 4.89. The number of benzene rings is 2. The van der Waals surface area contributed by atoms with Crippen molar-refractivity contribution in [2.45, 2.75) is 38.8 Å². The molecule has 0 aliphatic carbocycles. The summed E-state index contributed by atoms with van der Waals surface area (Å²) in [5, 5.41) is 1.44. The number of hydrogen-bond acceptors (Lipinski definition) is 3. The van der Waals surface area contributed by atoms with E-state index in [0.29, 0.717) is 5.39 Å². The van der Waals surface area contributed by atoms with E-state index < -0.39 is 0 Å². The molecule has 0 N–H and O–H groups in total. The molecule has 3 rings (SSSR count). The summed E-state index contributed by atoms with van der Waals surface area (Å²) in [6.07, 6.45) is 2.24. The van der Waals surface area contributed by atoms with Crippen LogP contribution in [0.1, 0.15) is 30.9 Å². The number of rotatable bonds is 5. The van der Waals surface area contributed by atoms with Crippen LogP contribution in [0.2, 0.25) is 0 Å². The average molecular weight is 338 g/mol. The van der Waals surface area contributed by atoms with Gasteiger partial charge in [0.25, 0.3) is 5.56 Å². The zero-order valence-electron chi connectivity index (χ0n) is 14.4. The number of para-hydroxylation sites is 1. The molecule has 4 heteroatoms. The van der Waals surface area contributed by atoms with Crippen molar-refractivity contribution < 1.29 is 0 Å². The number of nitrogens with zero attached hydrogens (tertiary/aromatic N) is 2. The van der Waals surface area contributed by atoms with Gasteiger partial charge in [0.05, 0.1) is 16.6 Å². The molecule has 0 aliphatic heterocycles. The molecule has 0 radical (unpaired) electrons. The molecule has 0 unspecified atom stereocenters. The molecule has 124 valence electrons. The highest BCUT2D eigenvalue weighted by atomic mass is 32.2. The van der Waals surface area contributed by atoms with E-state index in [1.165, 1.54) is 11.1 Å². The highest BCUT2D eigenvalue weighted by molar-refractivity contribution is 7.99. The zero-order valence-corrected chi connectivity index (χ0v) is 15.2. The van der Waals surface area contributed by atoms with Crippen LogP contribution in [0.15, 0.2) is 52.4 Å². The third-order valence-electron chi connectivity index (χ3n) is 4.22. The molecule has 1 aromatic heterocycles. The fraction of sp³-hybridized carbons (Fsp3) is 0.300. The maximum atomic E-state index is 13.1. The summed E-state index contributed by atoms with van der Waals surface area (Å²) in [5.74, 6) is 0.964. The summed E-state index contributed by atoms with van der Waals surface area (Å²) in [7, 11) is 0. The van der Waals surface area contributed by atoms with E-state index in [1.807, 2.05) is 30.3 Å². The van der Waals surface area contributed by atoms with E-state index in [2.05, 4.69) is 32.9 Å². The van der Waals surface area contributed by atoms with Gasteiger partial charge in [-0.15, -0.1) is 0 Å². The van der Waals surface area contributed by atoms with Crippen LogP contribution in [0.25, 0.3) is 16.6 Å². The highest BCUT2D eigenvalue weighted by Crippen LogP contribution is 2.23. The van der Waals surface area contributed by atoms with Crippen molar-refractivity contribution in [2.24, 2.45) is 0 Å². The van der Waals surface area contributed by atoms with E-state index in [-0.39, 0.29) is 5.56 Å². The van der Waals surface area contributed by atoms with Gasteiger partial charge < -0.3 is 0 Å². The van der Waals surface area contributed by atoms with Crippen LogP contribution in [0.5, 0.6) is 0 Å². The fourth-order valence-corrected chi connectivity index (χ4v) is 3.71. The smallest absolute Gasteiger partial charge is 0.266 e. The Morgan fingerprint density at radius 2 is 1.88 bits per heavy atom. The van der Waals surface area contributed by atoms with Crippen LogP contribution >= 0.6 is 11.8 Å². The van der Waals surface area contributed by atoms with Gasteiger partial charge in [0.1, 0.15) is 0 Å². The Morgan fingerprint density at radius 3 is 2.62 bits per heavy atom. The minimum absolute atomic E-state index is 0.00264. The van der Waals surface area contributed by atoms with Gasteiger partial charge in [-0.25, -0.2) is 4.98 Å². The van der Waals surface area contributed by atoms with Crippen molar-refractivity contribution >= 4 is 22.7 Å². The van der Waals surface area contributed by atoms with E-state index in [1.54, 1.807) is 16.3 Å². The monoisotopic (exact) mass is 338 g/mol. The topological polar surface area (TPSA) is 34.9 Å². The molecule has 0 saturated carbocycles. The van der Waals surface area contributed by atoms with Crippen LogP contribution in [0, 0.1) is 13.8 Å². The third kappa shape index (κ3) is 3.24.